The minimum atomic E-state index is -3.46. The van der Waals surface area contributed by atoms with Crippen LogP contribution in [0.15, 0.2) is 15.4 Å². The van der Waals surface area contributed by atoms with E-state index in [1.54, 1.807) is 13.0 Å². The molecule has 0 unspecified atom stereocenters. The van der Waals surface area contributed by atoms with Crippen molar-refractivity contribution in [3.8, 4) is 0 Å². The molecule has 0 saturated heterocycles. The molecule has 1 aliphatic rings. The van der Waals surface area contributed by atoms with Crippen molar-refractivity contribution in [3.63, 3.8) is 0 Å². The number of nitrogens with one attached hydrogen (secondary N) is 2. The second-order valence-corrected chi connectivity index (χ2v) is 7.09. The highest BCUT2D eigenvalue weighted by Gasteiger charge is 2.26. The molecule has 1 saturated carbocycles. The van der Waals surface area contributed by atoms with Crippen molar-refractivity contribution in [1.82, 2.24) is 10.0 Å². The van der Waals surface area contributed by atoms with E-state index in [4.69, 9.17) is 4.42 Å². The van der Waals surface area contributed by atoms with E-state index in [-0.39, 0.29) is 10.9 Å². The van der Waals surface area contributed by atoms with E-state index in [0.29, 0.717) is 18.1 Å². The quantitative estimate of drug-likeness (QED) is 0.758. The van der Waals surface area contributed by atoms with Gasteiger partial charge in [0.25, 0.3) is 0 Å². The molecule has 0 radical (unpaired) electrons. The molecule has 20 heavy (non-hydrogen) atoms. The largest absolute Gasteiger partial charge is 0.464 e. The molecule has 0 amide bonds. The van der Waals surface area contributed by atoms with E-state index >= 15 is 0 Å². The van der Waals surface area contributed by atoms with Gasteiger partial charge in [0.2, 0.25) is 10.0 Å². The van der Waals surface area contributed by atoms with Gasteiger partial charge in [-0.15, -0.1) is 0 Å². The van der Waals surface area contributed by atoms with Crippen molar-refractivity contribution in [3.05, 3.63) is 17.6 Å². The lowest BCUT2D eigenvalue weighted by Crippen LogP contribution is -2.32. The smallest absolute Gasteiger partial charge is 0.244 e. The molecule has 1 heterocycles. The summed E-state index contributed by atoms with van der Waals surface area (Å²) in [6.45, 7) is 5.24. The zero-order valence-electron chi connectivity index (χ0n) is 12.2. The second-order valence-electron chi connectivity index (χ2n) is 5.41. The Balaban J connectivity index is 2.06. The molecule has 1 aromatic rings. The fourth-order valence-corrected chi connectivity index (χ4v) is 4.10. The average molecular weight is 300 g/mol. The minimum Gasteiger partial charge on any atom is -0.464 e. The summed E-state index contributed by atoms with van der Waals surface area (Å²) in [6.07, 6.45) is 5.10. The topological polar surface area (TPSA) is 71.3 Å². The molecule has 1 fully saturated rings. The SMILES string of the molecule is CCCNCc1cc(S(=O)(=O)NC2CCCC2)c(C)o1. The van der Waals surface area contributed by atoms with Crippen molar-refractivity contribution in [2.24, 2.45) is 0 Å². The molecular formula is C14H24N2O3S. The molecule has 1 aromatic heterocycles. The first-order valence-electron chi connectivity index (χ1n) is 7.35. The maximum Gasteiger partial charge on any atom is 0.244 e. The molecule has 5 nitrogen and oxygen atoms in total. The van der Waals surface area contributed by atoms with Crippen LogP contribution in [0.25, 0.3) is 0 Å². The first kappa shape index (κ1) is 15.5. The van der Waals surface area contributed by atoms with Gasteiger partial charge in [-0.2, -0.15) is 0 Å². The number of sulfonamides is 1. The number of furan rings is 1. The van der Waals surface area contributed by atoms with E-state index in [1.165, 1.54) is 0 Å². The lowest BCUT2D eigenvalue weighted by atomic mass is 10.3. The van der Waals surface area contributed by atoms with E-state index in [2.05, 4.69) is 17.0 Å². The van der Waals surface area contributed by atoms with Crippen molar-refractivity contribution in [2.45, 2.75) is 63.4 Å². The van der Waals surface area contributed by atoms with Gasteiger partial charge in [0.1, 0.15) is 16.4 Å². The monoisotopic (exact) mass is 300 g/mol. The van der Waals surface area contributed by atoms with Crippen LogP contribution < -0.4 is 10.0 Å². The summed E-state index contributed by atoms with van der Waals surface area (Å²) in [7, 11) is -3.46. The van der Waals surface area contributed by atoms with Crippen LogP contribution in [0.3, 0.4) is 0 Å². The third-order valence-electron chi connectivity index (χ3n) is 3.62. The second kappa shape index (κ2) is 6.74. The van der Waals surface area contributed by atoms with Crippen molar-refractivity contribution in [2.75, 3.05) is 6.54 Å². The highest BCUT2D eigenvalue weighted by atomic mass is 32.2. The molecule has 0 aliphatic heterocycles. The Morgan fingerprint density at radius 1 is 1.35 bits per heavy atom. The zero-order valence-corrected chi connectivity index (χ0v) is 13.1. The fraction of sp³-hybridized carbons (Fsp3) is 0.714. The molecular weight excluding hydrogens is 276 g/mol. The molecule has 0 spiro atoms. The molecule has 0 bridgehead atoms. The maximum absolute atomic E-state index is 12.4. The van der Waals surface area contributed by atoms with Gasteiger partial charge < -0.3 is 9.73 Å². The van der Waals surface area contributed by atoms with Crippen LogP contribution in [0, 0.1) is 6.92 Å². The zero-order chi connectivity index (χ0) is 14.6. The van der Waals surface area contributed by atoms with Crippen LogP contribution in [0.1, 0.15) is 50.5 Å². The highest BCUT2D eigenvalue weighted by Crippen LogP contribution is 2.23. The molecule has 0 aromatic carbocycles. The Bertz CT molecular complexity index is 531. The first-order valence-corrected chi connectivity index (χ1v) is 8.83. The van der Waals surface area contributed by atoms with Gasteiger partial charge in [-0.25, -0.2) is 13.1 Å². The molecule has 1 aliphatic carbocycles. The van der Waals surface area contributed by atoms with Crippen LogP contribution in [0.2, 0.25) is 0 Å². The Kier molecular flexibility index (Phi) is 5.23. The summed E-state index contributed by atoms with van der Waals surface area (Å²) < 4.78 is 33.0. The maximum atomic E-state index is 12.4. The van der Waals surface area contributed by atoms with Gasteiger partial charge in [0, 0.05) is 12.1 Å². The average Bonchev–Trinajstić information content (AvgIpc) is 2.99. The fourth-order valence-electron chi connectivity index (χ4n) is 2.59. The Morgan fingerprint density at radius 2 is 2.05 bits per heavy atom. The van der Waals surface area contributed by atoms with E-state index < -0.39 is 10.0 Å². The molecule has 114 valence electrons. The Hall–Kier alpha value is -0.850. The summed E-state index contributed by atoms with van der Waals surface area (Å²) in [6, 6.07) is 1.71. The Labute approximate surface area is 121 Å². The van der Waals surface area contributed by atoms with Crippen molar-refractivity contribution < 1.29 is 12.8 Å². The van der Waals surface area contributed by atoms with Crippen LogP contribution in [0.5, 0.6) is 0 Å². The molecule has 2 rings (SSSR count). The van der Waals surface area contributed by atoms with Gasteiger partial charge in [-0.05, 0) is 32.7 Å². The van der Waals surface area contributed by atoms with Gasteiger partial charge >= 0.3 is 0 Å². The standard InChI is InChI=1S/C14H24N2O3S/c1-3-8-15-10-13-9-14(11(2)19-13)20(17,18)16-12-6-4-5-7-12/h9,12,15-16H,3-8,10H2,1-2H3. The summed E-state index contributed by atoms with van der Waals surface area (Å²) >= 11 is 0. The summed E-state index contributed by atoms with van der Waals surface area (Å²) in [4.78, 5) is 0.276. The summed E-state index contributed by atoms with van der Waals surface area (Å²) in [5.74, 6) is 1.13. The number of rotatable bonds is 7. The summed E-state index contributed by atoms with van der Waals surface area (Å²) in [5, 5.41) is 3.21. The van der Waals surface area contributed by atoms with Gasteiger partial charge in [0.05, 0.1) is 6.54 Å². The first-order chi connectivity index (χ1) is 9.53. The van der Waals surface area contributed by atoms with E-state index in [9.17, 15) is 8.42 Å². The van der Waals surface area contributed by atoms with Crippen LogP contribution in [-0.2, 0) is 16.6 Å². The lowest BCUT2D eigenvalue weighted by Gasteiger charge is -2.11. The van der Waals surface area contributed by atoms with Gasteiger partial charge in [-0.1, -0.05) is 19.8 Å². The van der Waals surface area contributed by atoms with Crippen molar-refractivity contribution >= 4 is 10.0 Å². The van der Waals surface area contributed by atoms with E-state index in [0.717, 1.165) is 38.6 Å². The third kappa shape index (κ3) is 3.84. The lowest BCUT2D eigenvalue weighted by molar-refractivity contribution is 0.456. The summed E-state index contributed by atoms with van der Waals surface area (Å²) in [5.41, 5.74) is 0. The van der Waals surface area contributed by atoms with E-state index in [1.807, 2.05) is 0 Å². The number of hydrogen-bond acceptors (Lipinski definition) is 4. The van der Waals surface area contributed by atoms with Crippen molar-refractivity contribution in [1.29, 1.82) is 0 Å². The van der Waals surface area contributed by atoms with Crippen LogP contribution >= 0.6 is 0 Å². The predicted octanol–water partition coefficient (Wildman–Crippen LogP) is 2.31. The molecule has 6 heteroatoms. The Morgan fingerprint density at radius 3 is 2.70 bits per heavy atom. The highest BCUT2D eigenvalue weighted by molar-refractivity contribution is 7.89. The van der Waals surface area contributed by atoms with Crippen LogP contribution in [0.4, 0.5) is 0 Å². The number of hydrogen-bond donors (Lipinski definition) is 2. The third-order valence-corrected chi connectivity index (χ3v) is 5.24. The van der Waals surface area contributed by atoms with Crippen LogP contribution in [-0.4, -0.2) is 21.0 Å². The predicted molar refractivity (Wildman–Crippen MR) is 78.0 cm³/mol. The minimum absolute atomic E-state index is 0.0796. The van der Waals surface area contributed by atoms with Gasteiger partial charge in [-0.3, -0.25) is 0 Å². The molecule has 2 N–H and O–H groups in total. The number of aryl methyl sites for hydroxylation is 1. The molecule has 0 atom stereocenters. The normalized spacial score (nSPS) is 16.9. The van der Waals surface area contributed by atoms with Gasteiger partial charge in [0.15, 0.2) is 0 Å².